The molecule has 0 saturated heterocycles. The van der Waals surface area contributed by atoms with E-state index < -0.39 is 0 Å². The SMILES string of the molecule is Cc1cc(Br)c2nc(C)c(Cl)c(Br)c2c1. The van der Waals surface area contributed by atoms with E-state index in [-0.39, 0.29) is 0 Å². The van der Waals surface area contributed by atoms with Crippen molar-refractivity contribution in [1.29, 1.82) is 0 Å². The molecule has 0 aliphatic rings. The summed E-state index contributed by atoms with van der Waals surface area (Å²) in [6.07, 6.45) is 0. The van der Waals surface area contributed by atoms with Crippen molar-refractivity contribution < 1.29 is 0 Å². The third kappa shape index (κ3) is 1.93. The number of benzene rings is 1. The van der Waals surface area contributed by atoms with Crippen LogP contribution in [0.2, 0.25) is 5.02 Å². The first kappa shape index (κ1) is 11.4. The van der Waals surface area contributed by atoms with Crippen LogP contribution >= 0.6 is 43.5 Å². The summed E-state index contributed by atoms with van der Waals surface area (Å²) in [4.78, 5) is 4.47. The van der Waals surface area contributed by atoms with Crippen molar-refractivity contribution >= 4 is 54.4 Å². The normalized spacial score (nSPS) is 11.0. The topological polar surface area (TPSA) is 12.9 Å². The van der Waals surface area contributed by atoms with E-state index in [2.05, 4.69) is 49.0 Å². The zero-order valence-corrected chi connectivity index (χ0v) is 12.2. The second-order valence-electron chi connectivity index (χ2n) is 3.47. The van der Waals surface area contributed by atoms with Gasteiger partial charge in [0.1, 0.15) is 0 Å². The summed E-state index contributed by atoms with van der Waals surface area (Å²) in [5, 5.41) is 1.72. The van der Waals surface area contributed by atoms with Crippen LogP contribution < -0.4 is 0 Å². The highest BCUT2D eigenvalue weighted by atomic mass is 79.9. The Labute approximate surface area is 110 Å². The van der Waals surface area contributed by atoms with E-state index in [0.29, 0.717) is 5.02 Å². The average Bonchev–Trinajstić information content (AvgIpc) is 2.17. The van der Waals surface area contributed by atoms with Gasteiger partial charge in [-0.15, -0.1) is 0 Å². The fraction of sp³-hybridized carbons (Fsp3) is 0.182. The summed E-state index contributed by atoms with van der Waals surface area (Å²) in [6.45, 7) is 3.95. The molecule has 78 valence electrons. The largest absolute Gasteiger partial charge is 0.250 e. The number of aryl methyl sites for hydroxylation is 2. The molecule has 1 nitrogen and oxygen atoms in total. The predicted octanol–water partition coefficient (Wildman–Crippen LogP) is 5.03. The van der Waals surface area contributed by atoms with Crippen molar-refractivity contribution in [2.75, 3.05) is 0 Å². The van der Waals surface area contributed by atoms with Gasteiger partial charge in [-0.3, -0.25) is 4.98 Å². The van der Waals surface area contributed by atoms with Crippen molar-refractivity contribution in [2.45, 2.75) is 13.8 Å². The molecule has 0 bridgehead atoms. The number of aromatic nitrogens is 1. The summed E-state index contributed by atoms with van der Waals surface area (Å²) < 4.78 is 1.91. The molecule has 0 amide bonds. The summed E-state index contributed by atoms with van der Waals surface area (Å²) in [5.41, 5.74) is 2.95. The van der Waals surface area contributed by atoms with Crippen LogP contribution in [0.5, 0.6) is 0 Å². The molecule has 2 aromatic rings. The first-order valence-corrected chi connectivity index (χ1v) is 6.38. The van der Waals surface area contributed by atoms with E-state index in [9.17, 15) is 0 Å². The molecule has 1 heterocycles. The second kappa shape index (κ2) is 4.04. The maximum absolute atomic E-state index is 6.14. The van der Waals surface area contributed by atoms with Crippen LogP contribution in [0.3, 0.4) is 0 Å². The van der Waals surface area contributed by atoms with Crippen molar-refractivity contribution in [1.82, 2.24) is 4.98 Å². The van der Waals surface area contributed by atoms with E-state index in [1.807, 2.05) is 13.8 Å². The second-order valence-corrected chi connectivity index (χ2v) is 5.49. The first-order valence-electron chi connectivity index (χ1n) is 4.42. The zero-order chi connectivity index (χ0) is 11.2. The molecule has 0 aliphatic heterocycles. The van der Waals surface area contributed by atoms with Gasteiger partial charge in [0.2, 0.25) is 0 Å². The Bertz CT molecular complexity index is 552. The molecule has 0 radical (unpaired) electrons. The Morgan fingerprint density at radius 1 is 1.20 bits per heavy atom. The van der Waals surface area contributed by atoms with Crippen LogP contribution in [-0.4, -0.2) is 4.98 Å². The summed E-state index contributed by atoms with van der Waals surface area (Å²) in [5.74, 6) is 0. The minimum Gasteiger partial charge on any atom is -0.250 e. The number of halogens is 3. The molecule has 0 spiro atoms. The number of pyridine rings is 1. The van der Waals surface area contributed by atoms with Crippen LogP contribution in [0, 0.1) is 13.8 Å². The van der Waals surface area contributed by atoms with Crippen molar-refractivity contribution in [3.63, 3.8) is 0 Å². The number of hydrogen-bond acceptors (Lipinski definition) is 1. The smallest absolute Gasteiger partial charge is 0.0859 e. The Morgan fingerprint density at radius 2 is 1.87 bits per heavy atom. The van der Waals surface area contributed by atoms with Crippen molar-refractivity contribution in [3.8, 4) is 0 Å². The van der Waals surface area contributed by atoms with Gasteiger partial charge < -0.3 is 0 Å². The maximum atomic E-state index is 6.14. The van der Waals surface area contributed by atoms with E-state index in [1.54, 1.807) is 0 Å². The molecule has 0 aliphatic carbocycles. The van der Waals surface area contributed by atoms with Crippen LogP contribution in [0.1, 0.15) is 11.3 Å². The molecule has 0 N–H and O–H groups in total. The lowest BCUT2D eigenvalue weighted by molar-refractivity contribution is 1.24. The van der Waals surface area contributed by atoms with E-state index in [4.69, 9.17) is 11.6 Å². The molecular weight excluding hydrogens is 341 g/mol. The molecule has 1 aromatic heterocycles. The number of hydrogen-bond donors (Lipinski definition) is 0. The molecule has 0 atom stereocenters. The van der Waals surface area contributed by atoms with E-state index in [0.717, 1.165) is 25.5 Å². The van der Waals surface area contributed by atoms with Gasteiger partial charge in [-0.1, -0.05) is 11.6 Å². The Kier molecular flexibility index (Phi) is 3.06. The lowest BCUT2D eigenvalue weighted by Gasteiger charge is -2.08. The quantitative estimate of drug-likeness (QED) is 0.650. The minimum absolute atomic E-state index is 0.681. The van der Waals surface area contributed by atoms with Gasteiger partial charge in [0, 0.05) is 14.3 Å². The molecule has 1 aromatic carbocycles. The summed E-state index contributed by atoms with van der Waals surface area (Å²) in [7, 11) is 0. The highest BCUT2D eigenvalue weighted by molar-refractivity contribution is 9.11. The average molecular weight is 349 g/mol. The summed E-state index contributed by atoms with van der Waals surface area (Å²) >= 11 is 13.2. The van der Waals surface area contributed by atoms with Crippen LogP contribution in [0.4, 0.5) is 0 Å². The predicted molar refractivity (Wildman–Crippen MR) is 71.6 cm³/mol. The fourth-order valence-electron chi connectivity index (χ4n) is 1.51. The highest BCUT2D eigenvalue weighted by Crippen LogP contribution is 2.35. The minimum atomic E-state index is 0.681. The van der Waals surface area contributed by atoms with Gasteiger partial charge in [-0.05, 0) is 63.4 Å². The fourth-order valence-corrected chi connectivity index (χ4v) is 2.91. The maximum Gasteiger partial charge on any atom is 0.0859 e. The van der Waals surface area contributed by atoms with E-state index >= 15 is 0 Å². The molecule has 4 heteroatoms. The van der Waals surface area contributed by atoms with Gasteiger partial charge in [0.05, 0.1) is 16.2 Å². The van der Waals surface area contributed by atoms with Gasteiger partial charge >= 0.3 is 0 Å². The molecular formula is C11H8Br2ClN. The molecule has 0 saturated carbocycles. The van der Waals surface area contributed by atoms with Gasteiger partial charge in [-0.2, -0.15) is 0 Å². The zero-order valence-electron chi connectivity index (χ0n) is 8.24. The number of fused-ring (bicyclic) bond motifs is 1. The number of nitrogens with zero attached hydrogens (tertiary/aromatic N) is 1. The Balaban J connectivity index is 2.98. The van der Waals surface area contributed by atoms with Crippen LogP contribution in [-0.2, 0) is 0 Å². The third-order valence-corrected chi connectivity index (χ3v) is 4.35. The lowest BCUT2D eigenvalue weighted by Crippen LogP contribution is -1.89. The number of rotatable bonds is 0. The molecule has 0 unspecified atom stereocenters. The highest BCUT2D eigenvalue weighted by Gasteiger charge is 2.11. The van der Waals surface area contributed by atoms with Crippen LogP contribution in [0.25, 0.3) is 10.9 Å². The monoisotopic (exact) mass is 347 g/mol. The summed E-state index contributed by atoms with van der Waals surface area (Å²) in [6, 6.07) is 4.12. The lowest BCUT2D eigenvalue weighted by atomic mass is 10.1. The third-order valence-electron chi connectivity index (χ3n) is 2.23. The molecule has 2 rings (SSSR count). The first-order chi connectivity index (χ1) is 7.00. The molecule has 0 fully saturated rings. The Hall–Kier alpha value is -0.120. The molecule has 15 heavy (non-hydrogen) atoms. The van der Waals surface area contributed by atoms with Gasteiger partial charge in [-0.25, -0.2) is 0 Å². The van der Waals surface area contributed by atoms with Gasteiger partial charge in [0.25, 0.3) is 0 Å². The van der Waals surface area contributed by atoms with E-state index in [1.165, 1.54) is 5.56 Å². The van der Waals surface area contributed by atoms with Gasteiger partial charge in [0.15, 0.2) is 0 Å². The Morgan fingerprint density at radius 3 is 2.53 bits per heavy atom. The van der Waals surface area contributed by atoms with Crippen LogP contribution in [0.15, 0.2) is 21.1 Å². The standard InChI is InChI=1S/C11H8Br2ClN/c1-5-3-7-9(13)10(14)6(2)15-11(7)8(12)4-5/h3-4H,1-2H3. The van der Waals surface area contributed by atoms with Crippen molar-refractivity contribution in [2.24, 2.45) is 0 Å². The van der Waals surface area contributed by atoms with Crippen molar-refractivity contribution in [3.05, 3.63) is 37.4 Å².